The van der Waals surface area contributed by atoms with Crippen LogP contribution in [0.5, 0.6) is 0 Å². The minimum Gasteiger partial charge on any atom is -0.366 e. The maximum Gasteiger partial charge on any atom is 0.416 e. The van der Waals surface area contributed by atoms with Crippen molar-refractivity contribution < 1.29 is 18.3 Å². The molecule has 0 radical (unpaired) electrons. The van der Waals surface area contributed by atoms with Gasteiger partial charge in [0.1, 0.15) is 5.82 Å². The average molecular weight is 513 g/mol. The SMILES string of the molecule is OC(Nc1nccc(N2CCNCC2)n1)N1c2nc(-c3cccc(C(F)(F)F)c3)ccc2N2CC[C@H]1C2. The number of aliphatic hydroxyl groups excluding tert-OH is 1. The van der Waals surface area contributed by atoms with E-state index in [9.17, 15) is 18.3 Å². The lowest BCUT2D eigenvalue weighted by molar-refractivity contribution is -0.137. The highest BCUT2D eigenvalue weighted by atomic mass is 19.4. The molecule has 194 valence electrons. The number of piperazine rings is 1. The molecule has 2 atom stereocenters. The molecule has 3 aromatic rings. The molecule has 2 aromatic heterocycles. The molecule has 12 heteroatoms. The van der Waals surface area contributed by atoms with Crippen LogP contribution in [-0.2, 0) is 6.18 Å². The van der Waals surface area contributed by atoms with Gasteiger partial charge in [-0.15, -0.1) is 0 Å². The molecule has 1 aromatic carbocycles. The standard InChI is InChI=1S/C25H27F3N8O/c26-25(27,28)17-3-1-2-16(14-17)19-4-5-20-22(31-19)36(18-7-11-35(20)15-18)24(37)33-23-30-8-6-21(32-23)34-12-9-29-10-13-34/h1-6,8,14,18,24,29,37H,7,9-13,15H2,(H,30,32,33)/t18-,24?/m0/s1. The molecule has 1 unspecified atom stereocenters. The fourth-order valence-electron chi connectivity index (χ4n) is 5.24. The zero-order valence-electron chi connectivity index (χ0n) is 20.0. The molecule has 9 nitrogen and oxygen atoms in total. The Morgan fingerprint density at radius 2 is 1.86 bits per heavy atom. The second kappa shape index (κ2) is 9.34. The summed E-state index contributed by atoms with van der Waals surface area (Å²) in [5.74, 6) is 1.59. The van der Waals surface area contributed by atoms with Gasteiger partial charge < -0.3 is 30.4 Å². The zero-order chi connectivity index (χ0) is 25.6. The van der Waals surface area contributed by atoms with Gasteiger partial charge in [0.2, 0.25) is 12.3 Å². The molecular formula is C25H27F3N8O. The van der Waals surface area contributed by atoms with Crippen molar-refractivity contribution in [3.8, 4) is 11.3 Å². The Balaban J connectivity index is 1.30. The van der Waals surface area contributed by atoms with Crippen molar-refractivity contribution in [2.45, 2.75) is 25.0 Å². The summed E-state index contributed by atoms with van der Waals surface area (Å²) >= 11 is 0. The van der Waals surface area contributed by atoms with E-state index >= 15 is 0 Å². The van der Waals surface area contributed by atoms with E-state index in [1.54, 1.807) is 23.2 Å². The molecular weight excluding hydrogens is 485 g/mol. The molecule has 0 aliphatic carbocycles. The Morgan fingerprint density at radius 3 is 2.68 bits per heavy atom. The van der Waals surface area contributed by atoms with Crippen LogP contribution < -0.4 is 25.3 Å². The van der Waals surface area contributed by atoms with Crippen LogP contribution in [0, 0.1) is 0 Å². The van der Waals surface area contributed by atoms with Crippen LogP contribution in [0.15, 0.2) is 48.7 Å². The normalized spacial score (nSPS) is 20.1. The maximum absolute atomic E-state index is 13.3. The maximum atomic E-state index is 13.3. The van der Waals surface area contributed by atoms with Crippen LogP contribution in [0.25, 0.3) is 11.3 Å². The molecule has 5 heterocycles. The van der Waals surface area contributed by atoms with Crippen molar-refractivity contribution in [3.05, 3.63) is 54.2 Å². The summed E-state index contributed by atoms with van der Waals surface area (Å²) in [5, 5.41) is 17.6. The van der Waals surface area contributed by atoms with Crippen molar-refractivity contribution in [1.29, 1.82) is 0 Å². The van der Waals surface area contributed by atoms with Crippen LogP contribution >= 0.6 is 0 Å². The van der Waals surface area contributed by atoms with E-state index in [1.807, 2.05) is 12.1 Å². The third kappa shape index (κ3) is 4.62. The van der Waals surface area contributed by atoms with E-state index in [0.29, 0.717) is 23.0 Å². The summed E-state index contributed by atoms with van der Waals surface area (Å²) in [6.45, 7) is 4.94. The number of nitrogens with zero attached hydrogens (tertiary/aromatic N) is 6. The third-order valence-corrected chi connectivity index (χ3v) is 7.09. The minimum absolute atomic E-state index is 0.0180. The molecule has 2 bridgehead atoms. The number of rotatable bonds is 5. The number of alkyl halides is 3. The molecule has 0 spiro atoms. The van der Waals surface area contributed by atoms with E-state index in [4.69, 9.17) is 4.98 Å². The van der Waals surface area contributed by atoms with Crippen molar-refractivity contribution in [3.63, 3.8) is 0 Å². The quantitative estimate of drug-likeness (QED) is 0.447. The van der Waals surface area contributed by atoms with E-state index in [2.05, 4.69) is 30.4 Å². The summed E-state index contributed by atoms with van der Waals surface area (Å²) < 4.78 is 39.9. The minimum atomic E-state index is -4.44. The lowest BCUT2D eigenvalue weighted by Crippen LogP contribution is -2.52. The summed E-state index contributed by atoms with van der Waals surface area (Å²) in [6, 6.07) is 10.5. The smallest absolute Gasteiger partial charge is 0.366 e. The first-order valence-corrected chi connectivity index (χ1v) is 12.3. The van der Waals surface area contributed by atoms with E-state index < -0.39 is 18.1 Å². The predicted octanol–water partition coefficient (Wildman–Crippen LogP) is 2.75. The van der Waals surface area contributed by atoms with Crippen molar-refractivity contribution in [1.82, 2.24) is 20.3 Å². The van der Waals surface area contributed by atoms with Crippen LogP contribution in [0.3, 0.4) is 0 Å². The van der Waals surface area contributed by atoms with Gasteiger partial charge in [-0.2, -0.15) is 18.2 Å². The molecule has 3 N–H and O–H groups in total. The highest BCUT2D eigenvalue weighted by Crippen LogP contribution is 2.41. The molecule has 3 aliphatic rings. The van der Waals surface area contributed by atoms with Crippen LogP contribution in [-0.4, -0.2) is 71.7 Å². The fraction of sp³-hybridized carbons (Fsp3) is 0.400. The molecule has 37 heavy (non-hydrogen) atoms. The first-order valence-electron chi connectivity index (χ1n) is 12.3. The molecule has 3 aliphatic heterocycles. The van der Waals surface area contributed by atoms with Crippen molar-refractivity contribution in [2.75, 3.05) is 59.3 Å². The Bertz CT molecular complexity index is 1280. The second-order valence-corrected chi connectivity index (χ2v) is 9.41. The van der Waals surface area contributed by atoms with Gasteiger partial charge in [-0.3, -0.25) is 0 Å². The topological polar surface area (TPSA) is 92.7 Å². The number of hydrogen-bond acceptors (Lipinski definition) is 9. The number of aromatic nitrogens is 3. The number of halogens is 3. The number of anilines is 4. The van der Waals surface area contributed by atoms with Crippen LogP contribution in [0.2, 0.25) is 0 Å². The van der Waals surface area contributed by atoms with Gasteiger partial charge in [0.15, 0.2) is 5.82 Å². The van der Waals surface area contributed by atoms with Gasteiger partial charge in [0.25, 0.3) is 0 Å². The van der Waals surface area contributed by atoms with Crippen LogP contribution in [0.1, 0.15) is 12.0 Å². The van der Waals surface area contributed by atoms with Gasteiger partial charge in [0, 0.05) is 51.0 Å². The third-order valence-electron chi connectivity index (χ3n) is 7.09. The van der Waals surface area contributed by atoms with E-state index in [0.717, 1.165) is 69.3 Å². The van der Waals surface area contributed by atoms with Crippen molar-refractivity contribution in [2.24, 2.45) is 0 Å². The summed E-state index contributed by atoms with van der Waals surface area (Å²) in [6.07, 6.45) is -3.15. The largest absolute Gasteiger partial charge is 0.416 e. The van der Waals surface area contributed by atoms with E-state index in [-0.39, 0.29) is 6.04 Å². The van der Waals surface area contributed by atoms with E-state index in [1.165, 1.54) is 6.07 Å². The number of pyridine rings is 1. The van der Waals surface area contributed by atoms with Gasteiger partial charge in [-0.1, -0.05) is 12.1 Å². The van der Waals surface area contributed by atoms with Gasteiger partial charge in [-0.25, -0.2) is 9.97 Å². The zero-order valence-corrected chi connectivity index (χ0v) is 20.0. The Morgan fingerprint density at radius 1 is 1.03 bits per heavy atom. The lowest BCUT2D eigenvalue weighted by atomic mass is 10.1. The Hall–Kier alpha value is -3.64. The first kappa shape index (κ1) is 23.7. The lowest BCUT2D eigenvalue weighted by Gasteiger charge is -2.40. The Labute approximate surface area is 212 Å². The second-order valence-electron chi connectivity index (χ2n) is 9.41. The number of benzene rings is 1. The molecule has 6 rings (SSSR count). The monoisotopic (exact) mass is 512 g/mol. The number of fused-ring (bicyclic) bond motifs is 4. The average Bonchev–Trinajstić information content (AvgIpc) is 3.33. The fourth-order valence-corrected chi connectivity index (χ4v) is 5.24. The summed E-state index contributed by atoms with van der Waals surface area (Å²) in [7, 11) is 0. The molecule has 2 saturated heterocycles. The molecule has 2 fully saturated rings. The molecule has 0 saturated carbocycles. The van der Waals surface area contributed by atoms with Crippen LogP contribution in [0.4, 0.5) is 36.4 Å². The highest BCUT2D eigenvalue weighted by molar-refractivity contribution is 5.76. The summed E-state index contributed by atoms with van der Waals surface area (Å²) in [4.78, 5) is 19.8. The number of nitrogens with one attached hydrogen (secondary N) is 2. The van der Waals surface area contributed by atoms with Gasteiger partial charge >= 0.3 is 6.18 Å². The summed E-state index contributed by atoms with van der Waals surface area (Å²) in [5.41, 5.74) is 0.871. The molecule has 0 amide bonds. The van der Waals surface area contributed by atoms with Gasteiger partial charge in [-0.05, 0) is 36.8 Å². The Kier molecular flexibility index (Phi) is 6.00. The number of aliphatic hydroxyl groups is 1. The highest BCUT2D eigenvalue weighted by Gasteiger charge is 2.40. The first-order chi connectivity index (χ1) is 17.9. The number of hydrogen-bond donors (Lipinski definition) is 3. The predicted molar refractivity (Wildman–Crippen MR) is 135 cm³/mol. The van der Waals surface area contributed by atoms with Crippen molar-refractivity contribution >= 4 is 23.3 Å². The van der Waals surface area contributed by atoms with Gasteiger partial charge in [0.05, 0.1) is 23.0 Å².